The van der Waals surface area contributed by atoms with Crippen molar-refractivity contribution in [2.45, 2.75) is 57.5 Å². The van der Waals surface area contributed by atoms with Crippen molar-refractivity contribution in [1.29, 1.82) is 0 Å². The molecule has 3 heterocycles. The first-order valence-electron chi connectivity index (χ1n) is 13.0. The van der Waals surface area contributed by atoms with Crippen molar-refractivity contribution in [2.24, 2.45) is 5.41 Å². The summed E-state index contributed by atoms with van der Waals surface area (Å²) >= 11 is 0. The number of aromatic amines is 1. The molecule has 7 nitrogen and oxygen atoms in total. The van der Waals surface area contributed by atoms with Gasteiger partial charge in [0.2, 0.25) is 5.95 Å². The molecule has 0 unspecified atom stereocenters. The van der Waals surface area contributed by atoms with E-state index in [9.17, 15) is 18.4 Å². The number of aryl methyl sites for hydroxylation is 1. The van der Waals surface area contributed by atoms with E-state index in [0.717, 1.165) is 36.9 Å². The highest BCUT2D eigenvalue weighted by Crippen LogP contribution is 2.46. The van der Waals surface area contributed by atoms with Crippen LogP contribution in [0.2, 0.25) is 0 Å². The van der Waals surface area contributed by atoms with Crippen LogP contribution < -0.4 is 10.5 Å². The van der Waals surface area contributed by atoms with E-state index < -0.39 is 17.9 Å². The average molecular weight is 509 g/mol. The average Bonchev–Trinajstić information content (AvgIpc) is 3.31. The maximum atomic E-state index is 13.8. The van der Waals surface area contributed by atoms with Crippen LogP contribution in [0.4, 0.5) is 19.5 Å². The molecule has 194 valence electrons. The third kappa shape index (κ3) is 4.67. The number of fused-ring (bicyclic) bond motifs is 1. The Hall–Kier alpha value is -3.49. The van der Waals surface area contributed by atoms with Crippen molar-refractivity contribution in [3.63, 3.8) is 0 Å². The number of allylic oxidation sites excluding steroid dienone is 2. The number of nitrogens with zero attached hydrogens (tertiary/aromatic N) is 3. The van der Waals surface area contributed by atoms with Gasteiger partial charge in [-0.25, -0.2) is 18.6 Å². The van der Waals surface area contributed by atoms with E-state index in [1.807, 2.05) is 30.3 Å². The summed E-state index contributed by atoms with van der Waals surface area (Å²) in [5, 5.41) is 0. The summed E-state index contributed by atoms with van der Waals surface area (Å²) in [5.74, 6) is -2.35. The number of alkyl halides is 2. The molecule has 0 bridgehead atoms. The summed E-state index contributed by atoms with van der Waals surface area (Å²) < 4.78 is 33.1. The highest BCUT2D eigenvalue weighted by atomic mass is 19.3. The number of H-pyrrole nitrogens is 1. The monoisotopic (exact) mass is 508 g/mol. The second kappa shape index (κ2) is 9.11. The largest absolute Gasteiger partial charge is 0.444 e. The summed E-state index contributed by atoms with van der Waals surface area (Å²) in [7, 11) is 0. The van der Waals surface area contributed by atoms with Crippen LogP contribution in [0.3, 0.4) is 0 Å². The second-order valence-electron chi connectivity index (χ2n) is 10.6. The molecule has 1 spiro atoms. The fourth-order valence-electron chi connectivity index (χ4n) is 6.03. The summed E-state index contributed by atoms with van der Waals surface area (Å²) in [6.07, 6.45) is 6.83. The first kappa shape index (κ1) is 23.9. The molecule has 6 rings (SSSR count). The Morgan fingerprint density at radius 1 is 1.05 bits per heavy atom. The zero-order valence-corrected chi connectivity index (χ0v) is 20.6. The van der Waals surface area contributed by atoms with Crippen molar-refractivity contribution in [2.75, 3.05) is 24.5 Å². The summed E-state index contributed by atoms with van der Waals surface area (Å²) in [4.78, 5) is 36.4. The van der Waals surface area contributed by atoms with Gasteiger partial charge in [-0.15, -0.1) is 0 Å². The van der Waals surface area contributed by atoms with Crippen LogP contribution in [0.1, 0.15) is 48.9 Å². The Kier molecular flexibility index (Phi) is 5.88. The van der Waals surface area contributed by atoms with Crippen LogP contribution in [0.15, 0.2) is 58.5 Å². The SMILES string of the molecule is O=C(OCc1ccccc1)N1CCC2=C1C=CC1(CCN(c3nc4c(c(=O)[nH]3)CC(F)(F)CC4)CC1)C2. The van der Waals surface area contributed by atoms with Crippen LogP contribution >= 0.6 is 0 Å². The van der Waals surface area contributed by atoms with Gasteiger partial charge in [0.25, 0.3) is 11.5 Å². The van der Waals surface area contributed by atoms with E-state index >= 15 is 0 Å². The number of hydrogen-bond donors (Lipinski definition) is 1. The van der Waals surface area contributed by atoms with Crippen LogP contribution in [-0.4, -0.2) is 46.5 Å². The van der Waals surface area contributed by atoms with Gasteiger partial charge in [0.1, 0.15) is 6.61 Å². The first-order valence-corrected chi connectivity index (χ1v) is 13.0. The second-order valence-corrected chi connectivity index (χ2v) is 10.6. The van der Waals surface area contributed by atoms with Gasteiger partial charge in [-0.3, -0.25) is 14.7 Å². The van der Waals surface area contributed by atoms with E-state index in [0.29, 0.717) is 31.3 Å². The molecule has 0 atom stereocenters. The highest BCUT2D eigenvalue weighted by Gasteiger charge is 2.41. The van der Waals surface area contributed by atoms with Gasteiger partial charge in [0.15, 0.2) is 0 Å². The predicted molar refractivity (Wildman–Crippen MR) is 134 cm³/mol. The smallest absolute Gasteiger partial charge is 0.414 e. The number of aromatic nitrogens is 2. The number of piperidine rings is 1. The summed E-state index contributed by atoms with van der Waals surface area (Å²) in [6.45, 7) is 2.31. The van der Waals surface area contributed by atoms with Gasteiger partial charge in [-0.05, 0) is 54.7 Å². The third-order valence-corrected chi connectivity index (χ3v) is 8.19. The minimum atomic E-state index is -2.84. The number of rotatable bonds is 3. The van der Waals surface area contributed by atoms with Gasteiger partial charge in [-0.1, -0.05) is 36.4 Å². The standard InChI is InChI=1S/C28H30F2N4O3/c29-28(30)10-6-22-21(17-28)24(35)32-25(31-22)33-14-11-27(12-15-33)9-7-23-20(16-27)8-13-34(23)26(36)37-18-19-4-2-1-3-5-19/h1-5,7,9H,6,8,10-18H2,(H,31,32,35). The van der Waals surface area contributed by atoms with Gasteiger partial charge < -0.3 is 9.64 Å². The van der Waals surface area contributed by atoms with Crippen LogP contribution in [0.25, 0.3) is 0 Å². The number of ether oxygens (including phenoxy) is 1. The van der Waals surface area contributed by atoms with Crippen molar-refractivity contribution >= 4 is 12.0 Å². The lowest BCUT2D eigenvalue weighted by atomic mass is 9.71. The number of carbonyl (C=O) groups is 1. The Bertz CT molecular complexity index is 1330. The van der Waals surface area contributed by atoms with Gasteiger partial charge in [0.05, 0.1) is 5.69 Å². The molecule has 0 radical (unpaired) electrons. The first-order chi connectivity index (χ1) is 17.8. The van der Waals surface area contributed by atoms with Gasteiger partial charge >= 0.3 is 6.09 Å². The maximum absolute atomic E-state index is 13.8. The third-order valence-electron chi connectivity index (χ3n) is 8.19. The number of hydrogen-bond acceptors (Lipinski definition) is 5. The van der Waals surface area contributed by atoms with Crippen molar-refractivity contribution in [3.05, 3.63) is 80.9 Å². The molecule has 1 amide bonds. The molecule has 1 N–H and O–H groups in total. The Morgan fingerprint density at radius 3 is 2.62 bits per heavy atom. The minimum absolute atomic E-state index is 0.00977. The molecule has 0 saturated carbocycles. The molecule has 1 aromatic heterocycles. The maximum Gasteiger partial charge on any atom is 0.414 e. The molecular formula is C28H30F2N4O3. The van der Waals surface area contributed by atoms with E-state index in [-0.39, 0.29) is 36.5 Å². The van der Waals surface area contributed by atoms with E-state index in [4.69, 9.17) is 4.74 Å². The lowest BCUT2D eigenvalue weighted by Gasteiger charge is -2.42. The lowest BCUT2D eigenvalue weighted by Crippen LogP contribution is -2.42. The molecule has 1 aromatic carbocycles. The molecule has 9 heteroatoms. The molecule has 37 heavy (non-hydrogen) atoms. The molecule has 2 aromatic rings. The van der Waals surface area contributed by atoms with Crippen LogP contribution in [0.5, 0.6) is 0 Å². The van der Waals surface area contributed by atoms with Crippen molar-refractivity contribution < 1.29 is 18.3 Å². The van der Waals surface area contributed by atoms with Crippen LogP contribution in [0, 0.1) is 5.41 Å². The zero-order chi connectivity index (χ0) is 25.6. The fourth-order valence-corrected chi connectivity index (χ4v) is 6.03. The Labute approximate surface area is 213 Å². The molecule has 1 fully saturated rings. The minimum Gasteiger partial charge on any atom is -0.444 e. The Balaban J connectivity index is 1.09. The highest BCUT2D eigenvalue weighted by molar-refractivity contribution is 5.72. The van der Waals surface area contributed by atoms with Gasteiger partial charge in [0, 0.05) is 43.7 Å². The van der Waals surface area contributed by atoms with E-state index in [1.165, 1.54) is 5.57 Å². The number of halogens is 2. The summed E-state index contributed by atoms with van der Waals surface area (Å²) in [5.41, 5.74) is 3.39. The van der Waals surface area contributed by atoms with Crippen molar-refractivity contribution in [1.82, 2.24) is 14.9 Å². The molecule has 2 aliphatic carbocycles. The summed E-state index contributed by atoms with van der Waals surface area (Å²) in [6, 6.07) is 9.66. The quantitative estimate of drug-likeness (QED) is 0.648. The number of anilines is 1. The topological polar surface area (TPSA) is 78.5 Å². The molecule has 2 aliphatic heterocycles. The lowest BCUT2D eigenvalue weighted by molar-refractivity contribution is -0.0132. The molecule has 4 aliphatic rings. The predicted octanol–water partition coefficient (Wildman–Crippen LogP) is 4.74. The number of benzene rings is 1. The zero-order valence-electron chi connectivity index (χ0n) is 20.6. The van der Waals surface area contributed by atoms with E-state index in [2.05, 4.69) is 27.0 Å². The number of amides is 1. The molecule has 1 saturated heterocycles. The normalized spacial score (nSPS) is 21.7. The van der Waals surface area contributed by atoms with E-state index in [1.54, 1.807) is 4.90 Å². The van der Waals surface area contributed by atoms with Gasteiger partial charge in [-0.2, -0.15) is 0 Å². The fraction of sp³-hybridized carbons (Fsp3) is 0.464. The number of nitrogens with one attached hydrogen (secondary N) is 1. The number of carbonyl (C=O) groups excluding carboxylic acids is 1. The Morgan fingerprint density at radius 2 is 1.84 bits per heavy atom. The van der Waals surface area contributed by atoms with Crippen molar-refractivity contribution in [3.8, 4) is 0 Å². The molecular weight excluding hydrogens is 478 g/mol. The van der Waals surface area contributed by atoms with Crippen LogP contribution in [-0.2, 0) is 24.2 Å².